The van der Waals surface area contributed by atoms with Crippen LogP contribution in [0.4, 0.5) is 0 Å². The fourth-order valence-corrected chi connectivity index (χ4v) is 3.22. The molecule has 0 fully saturated rings. The Bertz CT molecular complexity index is 428. The maximum Gasteiger partial charge on any atom is 0.0189 e. The number of benzene rings is 1. The Labute approximate surface area is 88.2 Å². The monoisotopic (exact) mass is 200 g/mol. The van der Waals surface area contributed by atoms with E-state index in [4.69, 9.17) is 0 Å². The molecule has 1 unspecified atom stereocenters. The van der Waals surface area contributed by atoms with Crippen molar-refractivity contribution in [1.82, 2.24) is 0 Å². The molecule has 1 atom stereocenters. The van der Waals surface area contributed by atoms with Crippen LogP contribution in [0.15, 0.2) is 41.8 Å². The van der Waals surface area contributed by atoms with E-state index in [1.54, 1.807) is 11.1 Å². The molecule has 1 heterocycles. The summed E-state index contributed by atoms with van der Waals surface area (Å²) >= 11 is 1.88. The van der Waals surface area contributed by atoms with Crippen LogP contribution in [-0.4, -0.2) is 0 Å². The van der Waals surface area contributed by atoms with Crippen molar-refractivity contribution < 1.29 is 0 Å². The van der Waals surface area contributed by atoms with Gasteiger partial charge >= 0.3 is 0 Å². The summed E-state index contributed by atoms with van der Waals surface area (Å²) in [6, 6.07) is 13.3. The molecule has 0 saturated carbocycles. The lowest BCUT2D eigenvalue weighted by Crippen LogP contribution is -1.91. The molecule has 14 heavy (non-hydrogen) atoms. The van der Waals surface area contributed by atoms with Crippen LogP contribution in [0.2, 0.25) is 0 Å². The van der Waals surface area contributed by atoms with Crippen molar-refractivity contribution in [2.24, 2.45) is 0 Å². The van der Waals surface area contributed by atoms with E-state index in [1.165, 1.54) is 17.7 Å². The Balaban J connectivity index is 2.06. The third-order valence-electron chi connectivity index (χ3n) is 3.02. The largest absolute Gasteiger partial charge is 0.148 e. The number of fused-ring (bicyclic) bond motifs is 1. The molecular weight excluding hydrogens is 188 g/mol. The quantitative estimate of drug-likeness (QED) is 0.656. The number of thiophene rings is 1. The maximum absolute atomic E-state index is 2.28. The molecule has 0 amide bonds. The molecule has 0 nitrogen and oxygen atoms in total. The Hall–Kier alpha value is -1.08. The summed E-state index contributed by atoms with van der Waals surface area (Å²) in [4.78, 5) is 1.52. The van der Waals surface area contributed by atoms with Crippen molar-refractivity contribution in [1.29, 1.82) is 0 Å². The zero-order valence-corrected chi connectivity index (χ0v) is 8.76. The Morgan fingerprint density at radius 3 is 2.86 bits per heavy atom. The van der Waals surface area contributed by atoms with Crippen molar-refractivity contribution in [2.45, 2.75) is 18.8 Å². The molecule has 1 aromatic heterocycles. The van der Waals surface area contributed by atoms with E-state index in [9.17, 15) is 0 Å². The van der Waals surface area contributed by atoms with Gasteiger partial charge in [0.2, 0.25) is 0 Å². The molecule has 3 rings (SSSR count). The third-order valence-corrected chi connectivity index (χ3v) is 4.01. The number of hydrogen-bond donors (Lipinski definition) is 0. The zero-order valence-electron chi connectivity index (χ0n) is 7.94. The van der Waals surface area contributed by atoms with E-state index in [1.807, 2.05) is 11.3 Å². The predicted molar refractivity (Wildman–Crippen MR) is 60.9 cm³/mol. The van der Waals surface area contributed by atoms with Crippen LogP contribution in [0, 0.1) is 0 Å². The number of rotatable bonds is 1. The molecule has 0 radical (unpaired) electrons. The normalized spacial score (nSPS) is 19.6. The third kappa shape index (κ3) is 1.20. The molecule has 0 aliphatic heterocycles. The van der Waals surface area contributed by atoms with Gasteiger partial charge < -0.3 is 0 Å². The molecule has 0 saturated heterocycles. The average Bonchev–Trinajstić information content (AvgIpc) is 2.85. The van der Waals surface area contributed by atoms with Gasteiger partial charge in [-0.15, -0.1) is 11.3 Å². The van der Waals surface area contributed by atoms with Gasteiger partial charge in [0.05, 0.1) is 0 Å². The molecule has 1 aliphatic carbocycles. The molecule has 0 spiro atoms. The van der Waals surface area contributed by atoms with Crippen LogP contribution in [0.1, 0.15) is 28.3 Å². The van der Waals surface area contributed by atoms with E-state index in [2.05, 4.69) is 41.8 Å². The summed E-state index contributed by atoms with van der Waals surface area (Å²) in [5.41, 5.74) is 3.10. The summed E-state index contributed by atoms with van der Waals surface area (Å²) in [5.74, 6) is 0.672. The van der Waals surface area contributed by atoms with Gasteiger partial charge in [0.15, 0.2) is 0 Å². The van der Waals surface area contributed by atoms with Crippen LogP contribution in [-0.2, 0) is 6.42 Å². The van der Waals surface area contributed by atoms with Crippen LogP contribution in [0.5, 0.6) is 0 Å². The summed E-state index contributed by atoms with van der Waals surface area (Å²) in [5, 5.41) is 2.18. The van der Waals surface area contributed by atoms with E-state index < -0.39 is 0 Å². The minimum absolute atomic E-state index is 0.672. The Morgan fingerprint density at radius 1 is 1.07 bits per heavy atom. The van der Waals surface area contributed by atoms with Gasteiger partial charge in [-0.1, -0.05) is 30.3 Å². The second-order valence-electron chi connectivity index (χ2n) is 3.81. The van der Waals surface area contributed by atoms with Gasteiger partial charge in [-0.25, -0.2) is 0 Å². The first-order chi connectivity index (χ1) is 6.95. The summed E-state index contributed by atoms with van der Waals surface area (Å²) in [6.45, 7) is 0. The second-order valence-corrected chi connectivity index (χ2v) is 4.78. The molecule has 1 heteroatoms. The molecule has 1 aliphatic rings. The Kier molecular flexibility index (Phi) is 1.91. The van der Waals surface area contributed by atoms with Gasteiger partial charge in [0.25, 0.3) is 0 Å². The standard InChI is InChI=1S/C13H12S/c1-2-5-11-10(4-1)7-8-12(11)13-6-3-9-14-13/h1-6,9,12H,7-8H2. The first-order valence-corrected chi connectivity index (χ1v) is 5.94. The molecule has 1 aromatic carbocycles. The van der Waals surface area contributed by atoms with Crippen molar-refractivity contribution in [3.05, 3.63) is 57.8 Å². The van der Waals surface area contributed by atoms with Gasteiger partial charge in [-0.05, 0) is 35.4 Å². The highest BCUT2D eigenvalue weighted by Crippen LogP contribution is 2.39. The fourth-order valence-electron chi connectivity index (χ4n) is 2.34. The SMILES string of the molecule is c1csc(C2CCc3ccccc32)c1. The lowest BCUT2D eigenvalue weighted by Gasteiger charge is -2.08. The summed E-state index contributed by atoms with van der Waals surface area (Å²) in [6.07, 6.45) is 2.54. The van der Waals surface area contributed by atoms with Gasteiger partial charge in [-0.3, -0.25) is 0 Å². The molecule has 0 bridgehead atoms. The molecule has 0 N–H and O–H groups in total. The molecule has 70 valence electrons. The minimum atomic E-state index is 0.672. The van der Waals surface area contributed by atoms with E-state index in [-0.39, 0.29) is 0 Å². The highest BCUT2D eigenvalue weighted by atomic mass is 32.1. The van der Waals surface area contributed by atoms with Crippen LogP contribution in [0.3, 0.4) is 0 Å². The lowest BCUT2D eigenvalue weighted by atomic mass is 10.00. The Morgan fingerprint density at radius 2 is 2.00 bits per heavy atom. The van der Waals surface area contributed by atoms with E-state index >= 15 is 0 Å². The van der Waals surface area contributed by atoms with Crippen molar-refractivity contribution in [3.63, 3.8) is 0 Å². The maximum atomic E-state index is 2.28. The zero-order chi connectivity index (χ0) is 9.38. The van der Waals surface area contributed by atoms with Gasteiger partial charge in [0, 0.05) is 10.8 Å². The summed E-state index contributed by atoms with van der Waals surface area (Å²) < 4.78 is 0. The van der Waals surface area contributed by atoms with E-state index in [0.29, 0.717) is 5.92 Å². The molecule has 2 aromatic rings. The smallest absolute Gasteiger partial charge is 0.0189 e. The average molecular weight is 200 g/mol. The predicted octanol–water partition coefficient (Wildman–Crippen LogP) is 3.83. The first kappa shape index (κ1) is 8.25. The fraction of sp³-hybridized carbons (Fsp3) is 0.231. The number of aryl methyl sites for hydroxylation is 1. The highest BCUT2D eigenvalue weighted by molar-refractivity contribution is 7.10. The van der Waals surface area contributed by atoms with Crippen LogP contribution < -0.4 is 0 Å². The topological polar surface area (TPSA) is 0 Å². The van der Waals surface area contributed by atoms with Gasteiger partial charge in [0.1, 0.15) is 0 Å². The van der Waals surface area contributed by atoms with E-state index in [0.717, 1.165) is 0 Å². The van der Waals surface area contributed by atoms with Gasteiger partial charge in [-0.2, -0.15) is 0 Å². The summed E-state index contributed by atoms with van der Waals surface area (Å²) in [7, 11) is 0. The lowest BCUT2D eigenvalue weighted by molar-refractivity contribution is 0.802. The van der Waals surface area contributed by atoms with Crippen LogP contribution in [0.25, 0.3) is 0 Å². The molecular formula is C13H12S. The minimum Gasteiger partial charge on any atom is -0.148 e. The highest BCUT2D eigenvalue weighted by Gasteiger charge is 2.23. The van der Waals surface area contributed by atoms with Crippen LogP contribution >= 0.6 is 11.3 Å². The number of hydrogen-bond acceptors (Lipinski definition) is 1. The second kappa shape index (κ2) is 3.25. The first-order valence-electron chi connectivity index (χ1n) is 5.06. The van der Waals surface area contributed by atoms with Crippen molar-refractivity contribution in [3.8, 4) is 0 Å². The van der Waals surface area contributed by atoms with Crippen molar-refractivity contribution in [2.75, 3.05) is 0 Å². The van der Waals surface area contributed by atoms with Crippen molar-refractivity contribution >= 4 is 11.3 Å².